The van der Waals surface area contributed by atoms with Crippen LogP contribution in [0.3, 0.4) is 0 Å². The molecule has 1 aromatic heterocycles. The van der Waals surface area contributed by atoms with E-state index in [2.05, 4.69) is 0 Å². The number of benzene rings is 1. The van der Waals surface area contributed by atoms with Gasteiger partial charge in [0, 0.05) is 6.54 Å². The van der Waals surface area contributed by atoms with E-state index in [9.17, 15) is 18.7 Å². The Bertz CT molecular complexity index is 723. The van der Waals surface area contributed by atoms with Gasteiger partial charge in [0.15, 0.2) is 0 Å². The fourth-order valence-corrected chi connectivity index (χ4v) is 2.92. The van der Waals surface area contributed by atoms with E-state index in [4.69, 9.17) is 4.42 Å². The number of rotatable bonds is 4. The molecule has 4 nitrogen and oxygen atoms in total. The van der Waals surface area contributed by atoms with Gasteiger partial charge in [0.05, 0.1) is 17.5 Å². The van der Waals surface area contributed by atoms with Gasteiger partial charge in [0.1, 0.15) is 23.2 Å². The summed E-state index contributed by atoms with van der Waals surface area (Å²) in [5, 5.41) is 9.24. The third-order valence-corrected chi connectivity index (χ3v) is 4.32. The summed E-state index contributed by atoms with van der Waals surface area (Å²) in [6.45, 7) is 3.20. The second kappa shape index (κ2) is 5.77. The van der Waals surface area contributed by atoms with Crippen molar-refractivity contribution in [2.45, 2.75) is 19.9 Å². The third-order valence-electron chi connectivity index (χ3n) is 4.32. The molecule has 0 aliphatic carbocycles. The molecule has 0 bridgehead atoms. The highest BCUT2D eigenvalue weighted by Gasteiger charge is 2.40. The maximum absolute atomic E-state index is 13.8. The molecule has 1 aliphatic heterocycles. The fraction of sp³-hybridized carbons (Fsp3) is 0.353. The molecular formula is C17H17F2NO3. The Kier molecular flexibility index (Phi) is 3.93. The lowest BCUT2D eigenvalue weighted by Crippen LogP contribution is -2.31. The van der Waals surface area contributed by atoms with Crippen molar-refractivity contribution in [3.63, 3.8) is 0 Å². The largest absolute Gasteiger partial charge is 0.481 e. The van der Waals surface area contributed by atoms with Crippen molar-refractivity contribution < 1.29 is 23.1 Å². The van der Waals surface area contributed by atoms with Crippen LogP contribution in [0.1, 0.15) is 19.1 Å². The van der Waals surface area contributed by atoms with Gasteiger partial charge in [-0.1, -0.05) is 6.07 Å². The lowest BCUT2D eigenvalue weighted by atomic mass is 9.90. The predicted molar refractivity (Wildman–Crippen MR) is 79.7 cm³/mol. The molecule has 1 unspecified atom stereocenters. The van der Waals surface area contributed by atoms with Crippen molar-refractivity contribution in [2.75, 3.05) is 13.1 Å². The van der Waals surface area contributed by atoms with Crippen molar-refractivity contribution in [1.82, 2.24) is 4.90 Å². The highest BCUT2D eigenvalue weighted by Crippen LogP contribution is 2.32. The van der Waals surface area contributed by atoms with E-state index >= 15 is 0 Å². The molecule has 2 aromatic rings. The normalized spacial score (nSPS) is 21.7. The SMILES string of the molecule is CC1(C(=O)O)CCN(Cc2ccc(-c3c(F)cccc3F)o2)C1. The Labute approximate surface area is 132 Å². The first kappa shape index (κ1) is 15.7. The fourth-order valence-electron chi connectivity index (χ4n) is 2.92. The van der Waals surface area contributed by atoms with Gasteiger partial charge in [-0.15, -0.1) is 0 Å². The quantitative estimate of drug-likeness (QED) is 0.936. The molecule has 1 N–H and O–H groups in total. The zero-order valence-corrected chi connectivity index (χ0v) is 12.7. The molecule has 1 atom stereocenters. The molecule has 6 heteroatoms. The van der Waals surface area contributed by atoms with Crippen LogP contribution in [0.4, 0.5) is 8.78 Å². The molecule has 0 saturated carbocycles. The number of carboxylic acid groups (broad SMARTS) is 1. The third kappa shape index (κ3) is 2.99. The number of halogens is 2. The number of nitrogens with zero attached hydrogens (tertiary/aromatic N) is 1. The number of hydrogen-bond acceptors (Lipinski definition) is 3. The molecule has 1 aliphatic rings. The van der Waals surface area contributed by atoms with E-state index in [0.29, 0.717) is 31.8 Å². The average molecular weight is 321 g/mol. The van der Waals surface area contributed by atoms with E-state index in [0.717, 1.165) is 0 Å². The predicted octanol–water partition coefficient (Wildman–Crippen LogP) is 3.52. The van der Waals surface area contributed by atoms with Crippen LogP contribution in [0.5, 0.6) is 0 Å². The number of carbonyl (C=O) groups is 1. The monoisotopic (exact) mass is 321 g/mol. The molecule has 0 amide bonds. The number of aliphatic carboxylic acids is 1. The van der Waals surface area contributed by atoms with Crippen LogP contribution in [-0.2, 0) is 11.3 Å². The molecule has 1 saturated heterocycles. The Balaban J connectivity index is 1.75. The number of hydrogen-bond donors (Lipinski definition) is 1. The Morgan fingerprint density at radius 3 is 2.61 bits per heavy atom. The minimum absolute atomic E-state index is 0.135. The van der Waals surface area contributed by atoms with Crippen molar-refractivity contribution in [3.8, 4) is 11.3 Å². The van der Waals surface area contributed by atoms with Crippen LogP contribution >= 0.6 is 0 Å². The van der Waals surface area contributed by atoms with Gasteiger partial charge in [-0.25, -0.2) is 8.78 Å². The first-order chi connectivity index (χ1) is 10.9. The highest BCUT2D eigenvalue weighted by molar-refractivity contribution is 5.74. The second-order valence-corrected chi connectivity index (χ2v) is 6.19. The molecule has 122 valence electrons. The second-order valence-electron chi connectivity index (χ2n) is 6.19. The Hall–Kier alpha value is -2.21. The first-order valence-electron chi connectivity index (χ1n) is 7.38. The smallest absolute Gasteiger partial charge is 0.310 e. The van der Waals surface area contributed by atoms with Crippen LogP contribution in [0.2, 0.25) is 0 Å². The molecule has 0 spiro atoms. The van der Waals surface area contributed by atoms with Crippen LogP contribution in [-0.4, -0.2) is 29.1 Å². The molecule has 3 rings (SSSR count). The van der Waals surface area contributed by atoms with Gasteiger partial charge in [0.25, 0.3) is 0 Å². The topological polar surface area (TPSA) is 53.7 Å². The zero-order chi connectivity index (χ0) is 16.6. The summed E-state index contributed by atoms with van der Waals surface area (Å²) >= 11 is 0. The summed E-state index contributed by atoms with van der Waals surface area (Å²) in [6, 6.07) is 6.86. The van der Waals surface area contributed by atoms with Crippen LogP contribution in [0, 0.1) is 17.0 Å². The summed E-state index contributed by atoms with van der Waals surface area (Å²) in [4.78, 5) is 13.2. The summed E-state index contributed by atoms with van der Waals surface area (Å²) in [7, 11) is 0. The van der Waals surface area contributed by atoms with Gasteiger partial charge in [-0.2, -0.15) is 0 Å². The summed E-state index contributed by atoms with van der Waals surface area (Å²) in [5.74, 6) is -1.47. The molecule has 2 heterocycles. The maximum atomic E-state index is 13.8. The maximum Gasteiger partial charge on any atom is 0.310 e. The van der Waals surface area contributed by atoms with Gasteiger partial charge in [0.2, 0.25) is 0 Å². The number of furan rings is 1. The van der Waals surface area contributed by atoms with Crippen LogP contribution < -0.4 is 0 Å². The molecule has 23 heavy (non-hydrogen) atoms. The van der Waals surface area contributed by atoms with Gasteiger partial charge < -0.3 is 9.52 Å². The van der Waals surface area contributed by atoms with E-state index in [-0.39, 0.29) is 11.3 Å². The standard InChI is InChI=1S/C17H17F2NO3/c1-17(16(21)22)7-8-20(10-17)9-11-5-6-14(23-11)15-12(18)3-2-4-13(15)19/h2-6H,7-10H2,1H3,(H,21,22). The van der Waals surface area contributed by atoms with Gasteiger partial charge >= 0.3 is 5.97 Å². The van der Waals surface area contributed by atoms with Gasteiger partial charge in [-0.3, -0.25) is 9.69 Å². The Morgan fingerprint density at radius 1 is 1.30 bits per heavy atom. The minimum Gasteiger partial charge on any atom is -0.481 e. The van der Waals surface area contributed by atoms with Gasteiger partial charge in [-0.05, 0) is 44.2 Å². The molecule has 1 fully saturated rings. The van der Waals surface area contributed by atoms with Crippen molar-refractivity contribution in [2.24, 2.45) is 5.41 Å². The summed E-state index contributed by atoms with van der Waals surface area (Å²) < 4.78 is 33.1. The van der Waals surface area contributed by atoms with Crippen LogP contribution in [0.15, 0.2) is 34.7 Å². The Morgan fingerprint density at radius 2 is 2.00 bits per heavy atom. The highest BCUT2D eigenvalue weighted by atomic mass is 19.1. The van der Waals surface area contributed by atoms with E-state index in [1.807, 2.05) is 4.90 Å². The van der Waals surface area contributed by atoms with Crippen molar-refractivity contribution in [3.05, 3.63) is 47.7 Å². The number of carboxylic acids is 1. The lowest BCUT2D eigenvalue weighted by molar-refractivity contribution is -0.147. The molecule has 0 radical (unpaired) electrons. The molecular weight excluding hydrogens is 304 g/mol. The zero-order valence-electron chi connectivity index (χ0n) is 12.7. The van der Waals surface area contributed by atoms with E-state index < -0.39 is 23.0 Å². The van der Waals surface area contributed by atoms with E-state index in [1.165, 1.54) is 24.3 Å². The number of likely N-dealkylation sites (tertiary alicyclic amines) is 1. The average Bonchev–Trinajstić information content (AvgIpc) is 3.07. The first-order valence-corrected chi connectivity index (χ1v) is 7.38. The van der Waals surface area contributed by atoms with Crippen molar-refractivity contribution in [1.29, 1.82) is 0 Å². The summed E-state index contributed by atoms with van der Waals surface area (Å²) in [5.41, 5.74) is -0.942. The van der Waals surface area contributed by atoms with E-state index in [1.54, 1.807) is 13.0 Å². The molecule has 1 aromatic carbocycles. The lowest BCUT2D eigenvalue weighted by Gasteiger charge is -2.19. The minimum atomic E-state index is -0.812. The summed E-state index contributed by atoms with van der Waals surface area (Å²) in [6.07, 6.45) is 0.567. The van der Waals surface area contributed by atoms with Crippen molar-refractivity contribution >= 4 is 5.97 Å². The van der Waals surface area contributed by atoms with Crippen LogP contribution in [0.25, 0.3) is 11.3 Å².